The number of hydrogen-bond acceptors (Lipinski definition) is 0. The first-order valence-corrected chi connectivity index (χ1v) is 10.6. The van der Waals surface area contributed by atoms with Gasteiger partial charge in [-0.15, -0.1) is 0 Å². The number of benzene rings is 2. The number of halogens is 1. The third-order valence-electron chi connectivity index (χ3n) is 5.91. The van der Waals surface area contributed by atoms with Gasteiger partial charge in [0.1, 0.15) is 17.6 Å². The van der Waals surface area contributed by atoms with Crippen LogP contribution in [0.1, 0.15) is 61.8 Å². The number of hydrogen-bond donors (Lipinski definition) is 0. The summed E-state index contributed by atoms with van der Waals surface area (Å²) in [4.78, 5) is 0. The lowest BCUT2D eigenvalue weighted by atomic mass is 9.92. The molecule has 0 atom stereocenters. The second-order valence-corrected chi connectivity index (χ2v) is 8.72. The smallest absolute Gasteiger partial charge is 0.254 e. The number of fused-ring (bicyclic) bond motifs is 1. The van der Waals surface area contributed by atoms with Crippen LogP contribution in [0, 0.1) is 13.8 Å². The van der Waals surface area contributed by atoms with Crippen LogP contribution in [0.3, 0.4) is 0 Å². The Morgan fingerprint density at radius 2 is 1.27 bits per heavy atom. The van der Waals surface area contributed by atoms with Gasteiger partial charge in [0.15, 0.2) is 5.52 Å². The number of aryl methyl sites for hydroxylation is 2. The van der Waals surface area contributed by atoms with Gasteiger partial charge in [-0.1, -0.05) is 70.2 Å². The molecule has 3 heteroatoms. The van der Waals surface area contributed by atoms with Gasteiger partial charge in [-0.2, -0.15) is 4.40 Å². The van der Waals surface area contributed by atoms with E-state index < -0.39 is 0 Å². The third-order valence-corrected chi connectivity index (χ3v) is 5.91. The van der Waals surface area contributed by atoms with Crippen molar-refractivity contribution in [3.05, 3.63) is 89.4 Å². The zero-order chi connectivity index (χ0) is 20.7. The maximum Gasteiger partial charge on any atom is 0.254 e. The topological polar surface area (TPSA) is 8.29 Å². The fourth-order valence-electron chi connectivity index (χ4n) is 4.43. The van der Waals surface area contributed by atoms with Crippen molar-refractivity contribution in [1.29, 1.82) is 0 Å². The van der Waals surface area contributed by atoms with Gasteiger partial charge in [-0.25, -0.2) is 4.57 Å². The Hall–Kier alpha value is -2.58. The van der Waals surface area contributed by atoms with Crippen LogP contribution < -0.4 is 17.0 Å². The molecule has 2 heterocycles. The van der Waals surface area contributed by atoms with Gasteiger partial charge in [0, 0.05) is 16.7 Å². The average molecular weight is 419 g/mol. The Morgan fingerprint density at radius 1 is 0.733 bits per heavy atom. The molecule has 156 valence electrons. The van der Waals surface area contributed by atoms with E-state index in [1.807, 2.05) is 0 Å². The molecule has 0 saturated carbocycles. The summed E-state index contributed by atoms with van der Waals surface area (Å²) in [6.07, 6.45) is 4.52. The maximum atomic E-state index is 2.33. The molecule has 0 bridgehead atoms. The molecule has 0 aliphatic carbocycles. The quantitative estimate of drug-likeness (QED) is 0.446. The molecule has 2 aromatic heterocycles. The summed E-state index contributed by atoms with van der Waals surface area (Å²) in [6.45, 7) is 13.5. The summed E-state index contributed by atoms with van der Waals surface area (Å²) in [6, 6.07) is 19.9. The van der Waals surface area contributed by atoms with Crippen molar-refractivity contribution >= 4 is 5.52 Å². The van der Waals surface area contributed by atoms with Gasteiger partial charge in [0.25, 0.3) is 6.33 Å². The average Bonchev–Trinajstić information content (AvgIpc) is 3.12. The minimum Gasteiger partial charge on any atom is -1.00 e. The first-order valence-electron chi connectivity index (χ1n) is 10.6. The lowest BCUT2D eigenvalue weighted by Crippen LogP contribution is -3.00. The highest BCUT2D eigenvalue weighted by atomic mass is 35.5. The lowest BCUT2D eigenvalue weighted by molar-refractivity contribution is -0.595. The summed E-state index contributed by atoms with van der Waals surface area (Å²) < 4.78 is 4.66. The van der Waals surface area contributed by atoms with Crippen LogP contribution in [0.2, 0.25) is 0 Å². The summed E-state index contributed by atoms with van der Waals surface area (Å²) >= 11 is 0. The molecule has 0 unspecified atom stereocenters. The summed E-state index contributed by atoms with van der Waals surface area (Å²) in [5.74, 6) is 0.939. The Bertz CT molecular complexity index is 1140. The van der Waals surface area contributed by atoms with E-state index >= 15 is 0 Å². The Kier molecular flexibility index (Phi) is 6.38. The molecule has 0 radical (unpaired) electrons. The van der Waals surface area contributed by atoms with E-state index in [1.54, 1.807) is 0 Å². The van der Waals surface area contributed by atoms with Crippen molar-refractivity contribution in [3.63, 3.8) is 0 Å². The standard InChI is InChI=1S/C27H31N2.ClH/c1-18(2)23-13-9-14-24(19(3)4)27(23)28-16-22-12-8-15-25(29(22)17-28)26-20(5)10-7-11-21(26)6;/h7-19H,1-6H3;1H/q+1;/p-1. The van der Waals surface area contributed by atoms with Crippen LogP contribution in [0.5, 0.6) is 0 Å². The maximum absolute atomic E-state index is 2.33. The zero-order valence-corrected chi connectivity index (χ0v) is 19.5. The highest BCUT2D eigenvalue weighted by Gasteiger charge is 2.22. The summed E-state index contributed by atoms with van der Waals surface area (Å²) in [5, 5.41) is 0. The molecule has 0 aliphatic heterocycles. The number of aromatic nitrogens is 2. The molecule has 30 heavy (non-hydrogen) atoms. The van der Waals surface area contributed by atoms with E-state index in [0.29, 0.717) is 11.8 Å². The van der Waals surface area contributed by atoms with Crippen molar-refractivity contribution in [2.45, 2.75) is 53.4 Å². The van der Waals surface area contributed by atoms with Crippen molar-refractivity contribution in [2.24, 2.45) is 0 Å². The number of para-hydroxylation sites is 1. The molecule has 0 fully saturated rings. The predicted molar refractivity (Wildman–Crippen MR) is 122 cm³/mol. The van der Waals surface area contributed by atoms with Crippen LogP contribution in [-0.2, 0) is 0 Å². The first kappa shape index (κ1) is 22.1. The fourth-order valence-corrected chi connectivity index (χ4v) is 4.43. The second kappa shape index (κ2) is 8.65. The second-order valence-electron chi connectivity index (χ2n) is 8.72. The molecule has 4 rings (SSSR count). The minimum absolute atomic E-state index is 0. The van der Waals surface area contributed by atoms with Gasteiger partial charge >= 0.3 is 0 Å². The monoisotopic (exact) mass is 418 g/mol. The van der Waals surface area contributed by atoms with E-state index in [9.17, 15) is 0 Å². The molecule has 2 aromatic carbocycles. The van der Waals surface area contributed by atoms with Crippen molar-refractivity contribution in [3.8, 4) is 16.9 Å². The highest BCUT2D eigenvalue weighted by Crippen LogP contribution is 2.30. The number of imidazole rings is 1. The molecular weight excluding hydrogens is 388 g/mol. The van der Waals surface area contributed by atoms with Crippen LogP contribution in [0.25, 0.3) is 22.5 Å². The molecule has 4 aromatic rings. The van der Waals surface area contributed by atoms with E-state index in [1.165, 1.54) is 44.7 Å². The number of pyridine rings is 1. The highest BCUT2D eigenvalue weighted by molar-refractivity contribution is 5.70. The SMILES string of the molecule is Cc1cccc(C)c1-c1cccc2c[n+](-c3c(C(C)C)cccc3C(C)C)cn12.[Cl-]. The van der Waals surface area contributed by atoms with Crippen molar-refractivity contribution in [2.75, 3.05) is 0 Å². The molecule has 0 spiro atoms. The molecule has 0 amide bonds. The van der Waals surface area contributed by atoms with E-state index in [4.69, 9.17) is 0 Å². The van der Waals surface area contributed by atoms with Crippen LogP contribution >= 0.6 is 0 Å². The first-order chi connectivity index (χ1) is 13.9. The van der Waals surface area contributed by atoms with Gasteiger partial charge < -0.3 is 12.4 Å². The molecule has 0 saturated heterocycles. The lowest BCUT2D eigenvalue weighted by Gasteiger charge is -2.16. The molecule has 0 aliphatic rings. The summed E-state index contributed by atoms with van der Waals surface area (Å²) in [5.41, 5.74) is 10.5. The fraction of sp³-hybridized carbons (Fsp3) is 0.296. The van der Waals surface area contributed by atoms with E-state index in [0.717, 1.165) is 0 Å². The minimum atomic E-state index is 0. The Balaban J connectivity index is 0.00000256. The van der Waals surface area contributed by atoms with Gasteiger partial charge in [0.2, 0.25) is 0 Å². The number of rotatable bonds is 4. The van der Waals surface area contributed by atoms with Crippen LogP contribution in [0.4, 0.5) is 0 Å². The molecule has 2 nitrogen and oxygen atoms in total. The Morgan fingerprint density at radius 3 is 1.83 bits per heavy atom. The van der Waals surface area contributed by atoms with E-state index in [-0.39, 0.29) is 12.4 Å². The van der Waals surface area contributed by atoms with Crippen molar-refractivity contribution in [1.82, 2.24) is 4.40 Å². The number of nitrogens with zero attached hydrogens (tertiary/aromatic N) is 2. The largest absolute Gasteiger partial charge is 1.00 e. The van der Waals surface area contributed by atoms with Gasteiger partial charge in [-0.3, -0.25) is 0 Å². The third kappa shape index (κ3) is 3.77. The van der Waals surface area contributed by atoms with Crippen molar-refractivity contribution < 1.29 is 17.0 Å². The molecular formula is C27H31ClN2. The van der Waals surface area contributed by atoms with Crippen LogP contribution in [-0.4, -0.2) is 4.40 Å². The molecule has 0 N–H and O–H groups in total. The van der Waals surface area contributed by atoms with Gasteiger partial charge in [0.05, 0.1) is 0 Å². The predicted octanol–water partition coefficient (Wildman–Crippen LogP) is 3.75. The normalized spacial score (nSPS) is 11.3. The Labute approximate surface area is 186 Å². The van der Waals surface area contributed by atoms with Gasteiger partial charge in [-0.05, 0) is 48.9 Å². The zero-order valence-electron chi connectivity index (χ0n) is 18.8. The summed E-state index contributed by atoms with van der Waals surface area (Å²) in [7, 11) is 0. The van der Waals surface area contributed by atoms with Crippen LogP contribution in [0.15, 0.2) is 67.1 Å². The van der Waals surface area contributed by atoms with E-state index in [2.05, 4.69) is 118 Å².